The maximum absolute atomic E-state index is 11.7. The molecule has 0 unspecified atom stereocenters. The molecule has 1 aromatic carbocycles. The summed E-state index contributed by atoms with van der Waals surface area (Å²) in [5.74, 6) is 2.16. The number of hydrogen-bond acceptors (Lipinski definition) is 6. The molecule has 2 heterocycles. The van der Waals surface area contributed by atoms with Crippen LogP contribution in [0.1, 0.15) is 6.92 Å². The van der Waals surface area contributed by atoms with Crippen molar-refractivity contribution < 1.29 is 22.6 Å². The van der Waals surface area contributed by atoms with Gasteiger partial charge in [-0.3, -0.25) is 0 Å². The fourth-order valence-electron chi connectivity index (χ4n) is 1.84. The van der Waals surface area contributed by atoms with Crippen molar-refractivity contribution >= 4 is 9.84 Å². The highest BCUT2D eigenvalue weighted by molar-refractivity contribution is 7.91. The molecular formula is C14H13NO5S. The molecule has 0 N–H and O–H groups in total. The van der Waals surface area contributed by atoms with Crippen molar-refractivity contribution in [1.82, 2.24) is 4.98 Å². The average Bonchev–Trinajstić information content (AvgIpc) is 2.95. The summed E-state index contributed by atoms with van der Waals surface area (Å²) < 4.78 is 39.4. The molecule has 0 atom stereocenters. The largest absolute Gasteiger partial charge is 0.454 e. The third-order valence-electron chi connectivity index (χ3n) is 3.01. The smallest absolute Gasteiger partial charge is 0.231 e. The minimum Gasteiger partial charge on any atom is -0.454 e. The summed E-state index contributed by atoms with van der Waals surface area (Å²) in [6.07, 6.45) is 1.29. The quantitative estimate of drug-likeness (QED) is 0.863. The molecule has 1 aliphatic rings. The standard InChI is InChI=1S/C14H13NO5S/c1-2-21(16,17)11-4-6-14(15-8-11)20-10-3-5-12-13(7-10)19-9-18-12/h3-8H,2,9H2,1H3. The first-order chi connectivity index (χ1) is 10.1. The number of fused-ring (bicyclic) bond motifs is 1. The van der Waals surface area contributed by atoms with Crippen LogP contribution in [0, 0.1) is 0 Å². The van der Waals surface area contributed by atoms with Crippen LogP contribution < -0.4 is 14.2 Å². The van der Waals surface area contributed by atoms with E-state index in [1.54, 1.807) is 25.1 Å². The molecule has 1 aromatic heterocycles. The minimum atomic E-state index is -3.25. The molecule has 0 saturated heterocycles. The third kappa shape index (κ3) is 2.78. The van der Waals surface area contributed by atoms with Crippen molar-refractivity contribution in [3.05, 3.63) is 36.5 Å². The first-order valence-corrected chi connectivity index (χ1v) is 8.00. The molecule has 3 rings (SSSR count). The molecule has 6 nitrogen and oxygen atoms in total. The summed E-state index contributed by atoms with van der Waals surface area (Å²) in [5.41, 5.74) is 0. The second kappa shape index (κ2) is 5.25. The van der Waals surface area contributed by atoms with Crippen LogP contribution in [0.4, 0.5) is 0 Å². The number of aromatic nitrogens is 1. The Morgan fingerprint density at radius 1 is 1.19 bits per heavy atom. The summed E-state index contributed by atoms with van der Waals surface area (Å²) in [4.78, 5) is 4.19. The van der Waals surface area contributed by atoms with Crippen molar-refractivity contribution in [2.45, 2.75) is 11.8 Å². The van der Waals surface area contributed by atoms with Gasteiger partial charge in [-0.25, -0.2) is 13.4 Å². The van der Waals surface area contributed by atoms with Gasteiger partial charge < -0.3 is 14.2 Å². The van der Waals surface area contributed by atoms with Crippen LogP contribution in [0.3, 0.4) is 0 Å². The second-order valence-electron chi connectivity index (χ2n) is 4.35. The molecule has 0 spiro atoms. The van der Waals surface area contributed by atoms with E-state index in [2.05, 4.69) is 4.98 Å². The summed E-state index contributed by atoms with van der Waals surface area (Å²) in [7, 11) is -3.25. The molecular weight excluding hydrogens is 294 g/mol. The van der Waals surface area contributed by atoms with Crippen LogP contribution in [-0.4, -0.2) is 25.9 Å². The van der Waals surface area contributed by atoms with Crippen LogP contribution in [0.15, 0.2) is 41.4 Å². The van der Waals surface area contributed by atoms with Gasteiger partial charge in [-0.15, -0.1) is 0 Å². The van der Waals surface area contributed by atoms with Gasteiger partial charge in [0.1, 0.15) is 5.75 Å². The zero-order valence-electron chi connectivity index (χ0n) is 11.3. The molecule has 2 aromatic rings. The van der Waals surface area contributed by atoms with E-state index in [1.165, 1.54) is 18.3 Å². The Bertz CT molecular complexity index is 755. The number of nitrogens with zero attached hydrogens (tertiary/aromatic N) is 1. The topological polar surface area (TPSA) is 74.7 Å². The zero-order valence-corrected chi connectivity index (χ0v) is 12.1. The molecule has 1 aliphatic heterocycles. The summed E-state index contributed by atoms with van der Waals surface area (Å²) in [6.45, 7) is 1.78. The van der Waals surface area contributed by atoms with Crippen LogP contribution in [-0.2, 0) is 9.84 Å². The molecule has 21 heavy (non-hydrogen) atoms. The van der Waals surface area contributed by atoms with Crippen LogP contribution >= 0.6 is 0 Å². The van der Waals surface area contributed by atoms with Gasteiger partial charge in [0.05, 0.1) is 10.6 Å². The Balaban J connectivity index is 1.79. The van der Waals surface area contributed by atoms with E-state index in [-0.39, 0.29) is 17.4 Å². The first kappa shape index (κ1) is 13.7. The van der Waals surface area contributed by atoms with Crippen molar-refractivity contribution in [2.24, 2.45) is 0 Å². The van der Waals surface area contributed by atoms with Crippen LogP contribution in [0.25, 0.3) is 0 Å². The van der Waals surface area contributed by atoms with Crippen molar-refractivity contribution in [3.63, 3.8) is 0 Å². The van der Waals surface area contributed by atoms with Gasteiger partial charge in [0.15, 0.2) is 21.3 Å². The number of pyridine rings is 1. The molecule has 0 radical (unpaired) electrons. The fourth-order valence-corrected chi connectivity index (χ4v) is 2.66. The van der Waals surface area contributed by atoms with Gasteiger partial charge in [0.2, 0.25) is 12.7 Å². The lowest BCUT2D eigenvalue weighted by Crippen LogP contribution is -2.04. The van der Waals surface area contributed by atoms with Gasteiger partial charge in [0.25, 0.3) is 0 Å². The van der Waals surface area contributed by atoms with E-state index < -0.39 is 9.84 Å². The number of rotatable bonds is 4. The predicted octanol–water partition coefficient (Wildman–Crippen LogP) is 2.40. The molecule has 0 bridgehead atoms. The Labute approximate surface area is 122 Å². The van der Waals surface area contributed by atoms with Gasteiger partial charge >= 0.3 is 0 Å². The monoisotopic (exact) mass is 307 g/mol. The summed E-state index contributed by atoms with van der Waals surface area (Å²) in [5, 5.41) is 0. The molecule has 0 aliphatic carbocycles. The molecule has 110 valence electrons. The summed E-state index contributed by atoms with van der Waals surface area (Å²) >= 11 is 0. The Kier molecular flexibility index (Phi) is 3.42. The SMILES string of the molecule is CCS(=O)(=O)c1ccc(Oc2ccc3c(c2)OCO3)nc1. The van der Waals surface area contributed by atoms with Gasteiger partial charge in [0, 0.05) is 18.3 Å². The van der Waals surface area contributed by atoms with E-state index >= 15 is 0 Å². The van der Waals surface area contributed by atoms with E-state index in [9.17, 15) is 8.42 Å². The normalized spacial score (nSPS) is 13.2. The molecule has 7 heteroatoms. The third-order valence-corrected chi connectivity index (χ3v) is 4.73. The average molecular weight is 307 g/mol. The van der Waals surface area contributed by atoms with Gasteiger partial charge in [-0.05, 0) is 18.2 Å². The van der Waals surface area contributed by atoms with Crippen LogP contribution in [0.2, 0.25) is 0 Å². The molecule has 0 amide bonds. The molecule has 0 saturated carbocycles. The van der Waals surface area contributed by atoms with Crippen LogP contribution in [0.5, 0.6) is 23.1 Å². The minimum absolute atomic E-state index is 0.0387. The van der Waals surface area contributed by atoms with Crippen molar-refractivity contribution in [3.8, 4) is 23.1 Å². The van der Waals surface area contributed by atoms with Crippen molar-refractivity contribution in [2.75, 3.05) is 12.5 Å². The Morgan fingerprint density at radius 3 is 2.71 bits per heavy atom. The van der Waals surface area contributed by atoms with E-state index in [0.717, 1.165) is 0 Å². The fraction of sp³-hybridized carbons (Fsp3) is 0.214. The van der Waals surface area contributed by atoms with Gasteiger partial charge in [-0.2, -0.15) is 0 Å². The van der Waals surface area contributed by atoms with E-state index in [0.29, 0.717) is 23.1 Å². The number of benzene rings is 1. The summed E-state index contributed by atoms with van der Waals surface area (Å²) in [6, 6.07) is 8.17. The number of sulfone groups is 1. The highest BCUT2D eigenvalue weighted by Gasteiger charge is 2.15. The van der Waals surface area contributed by atoms with E-state index in [1.807, 2.05) is 0 Å². The Morgan fingerprint density at radius 2 is 2.00 bits per heavy atom. The maximum Gasteiger partial charge on any atom is 0.231 e. The predicted molar refractivity (Wildman–Crippen MR) is 74.6 cm³/mol. The number of ether oxygens (including phenoxy) is 3. The van der Waals surface area contributed by atoms with E-state index in [4.69, 9.17) is 14.2 Å². The highest BCUT2D eigenvalue weighted by Crippen LogP contribution is 2.36. The lowest BCUT2D eigenvalue weighted by molar-refractivity contribution is 0.174. The molecule has 0 fully saturated rings. The van der Waals surface area contributed by atoms with Crippen molar-refractivity contribution in [1.29, 1.82) is 0 Å². The lowest BCUT2D eigenvalue weighted by atomic mass is 10.3. The zero-order chi connectivity index (χ0) is 14.9. The second-order valence-corrected chi connectivity index (χ2v) is 6.63. The first-order valence-electron chi connectivity index (χ1n) is 6.35. The maximum atomic E-state index is 11.7. The highest BCUT2D eigenvalue weighted by atomic mass is 32.2. The Hall–Kier alpha value is -2.28. The number of hydrogen-bond donors (Lipinski definition) is 0. The van der Waals surface area contributed by atoms with Gasteiger partial charge in [-0.1, -0.05) is 6.92 Å². The lowest BCUT2D eigenvalue weighted by Gasteiger charge is -2.06.